The summed E-state index contributed by atoms with van der Waals surface area (Å²) < 4.78 is 11.7. The summed E-state index contributed by atoms with van der Waals surface area (Å²) in [7, 11) is 0. The molecule has 0 aliphatic carbocycles. The summed E-state index contributed by atoms with van der Waals surface area (Å²) in [6.07, 6.45) is -1.57. The molecule has 1 amide bonds. The van der Waals surface area contributed by atoms with E-state index >= 15 is 0 Å². The number of nitrogens with two attached hydrogens (primary N) is 1. The van der Waals surface area contributed by atoms with E-state index in [0.29, 0.717) is 11.4 Å². The number of nitrogens with one attached hydrogen (secondary N) is 1. The first-order valence-corrected chi connectivity index (χ1v) is 3.00. The molecule has 0 aliphatic heterocycles. The van der Waals surface area contributed by atoms with Gasteiger partial charge in [0.05, 0.1) is 0 Å². The van der Waals surface area contributed by atoms with Crippen molar-refractivity contribution in [1.29, 1.82) is 0 Å². The summed E-state index contributed by atoms with van der Waals surface area (Å²) in [4.78, 5) is 9.89. The molecule has 0 radical (unpaired) electrons. The molecule has 0 bridgehead atoms. The Morgan fingerprint density at radius 2 is 1.91 bits per heavy atom. The Hall–Kier alpha value is -1.58. The highest BCUT2D eigenvalue weighted by Gasteiger charge is 1.96. The van der Waals surface area contributed by atoms with Gasteiger partial charge in [-0.15, -0.1) is 4.39 Å². The van der Waals surface area contributed by atoms with Crippen LogP contribution >= 0.6 is 0 Å². The van der Waals surface area contributed by atoms with Crippen LogP contribution in [-0.4, -0.2) is 6.16 Å². The van der Waals surface area contributed by atoms with Crippen LogP contribution in [0.5, 0.6) is 0 Å². The standard InChI is InChI=1S/C7H7FN2O/c8-7(11)10-6-3-1-5(9)2-4-6/h1-4H,9H2,(H,10,11). The fraction of sp³-hybridized carbons (Fsp3) is 0. The van der Waals surface area contributed by atoms with Crippen molar-refractivity contribution in [2.45, 2.75) is 0 Å². The van der Waals surface area contributed by atoms with Gasteiger partial charge in [-0.25, -0.2) is 4.79 Å². The second kappa shape index (κ2) is 3.01. The number of anilines is 2. The highest BCUT2D eigenvalue weighted by molar-refractivity contribution is 5.83. The van der Waals surface area contributed by atoms with Crippen LogP contribution in [0.15, 0.2) is 24.3 Å². The molecule has 0 saturated carbocycles. The minimum Gasteiger partial charge on any atom is -0.399 e. The summed E-state index contributed by atoms with van der Waals surface area (Å²) >= 11 is 0. The lowest BCUT2D eigenvalue weighted by Gasteiger charge is -1.98. The van der Waals surface area contributed by atoms with Gasteiger partial charge in [0.15, 0.2) is 0 Å². The van der Waals surface area contributed by atoms with Gasteiger partial charge in [0.25, 0.3) is 0 Å². The van der Waals surface area contributed by atoms with Crippen LogP contribution in [0.25, 0.3) is 0 Å². The molecule has 1 aromatic carbocycles. The third-order valence-electron chi connectivity index (χ3n) is 1.15. The number of carbonyl (C=O) groups excluding carboxylic acids is 1. The zero-order valence-corrected chi connectivity index (χ0v) is 5.67. The predicted octanol–water partition coefficient (Wildman–Crippen LogP) is 1.77. The number of halogens is 1. The SMILES string of the molecule is Nc1ccc(NC(=O)F)cc1. The predicted molar refractivity (Wildman–Crippen MR) is 41.0 cm³/mol. The van der Waals surface area contributed by atoms with Gasteiger partial charge in [-0.2, -0.15) is 0 Å². The highest BCUT2D eigenvalue weighted by atomic mass is 19.1. The van der Waals surface area contributed by atoms with Crippen LogP contribution in [0.2, 0.25) is 0 Å². The molecule has 58 valence electrons. The summed E-state index contributed by atoms with van der Waals surface area (Å²) in [6.45, 7) is 0. The van der Waals surface area contributed by atoms with E-state index in [2.05, 4.69) is 0 Å². The third-order valence-corrected chi connectivity index (χ3v) is 1.15. The summed E-state index contributed by atoms with van der Waals surface area (Å²) in [5, 5.41) is 1.97. The molecule has 0 saturated heterocycles. The Labute approximate surface area is 63.0 Å². The van der Waals surface area contributed by atoms with Crippen LogP contribution in [0.3, 0.4) is 0 Å². The zero-order chi connectivity index (χ0) is 8.27. The van der Waals surface area contributed by atoms with E-state index in [-0.39, 0.29) is 0 Å². The lowest BCUT2D eigenvalue weighted by molar-refractivity contribution is 0.235. The van der Waals surface area contributed by atoms with E-state index in [4.69, 9.17) is 5.73 Å². The largest absolute Gasteiger partial charge is 0.401 e. The highest BCUT2D eigenvalue weighted by Crippen LogP contribution is 2.10. The normalized spacial score (nSPS) is 9.18. The Morgan fingerprint density at radius 3 is 2.36 bits per heavy atom. The summed E-state index contributed by atoms with van der Waals surface area (Å²) in [6, 6.07) is 6.19. The minimum absolute atomic E-state index is 0.395. The first-order chi connectivity index (χ1) is 5.18. The van der Waals surface area contributed by atoms with Crippen LogP contribution in [0, 0.1) is 0 Å². The van der Waals surface area contributed by atoms with E-state index < -0.39 is 6.16 Å². The second-order valence-corrected chi connectivity index (χ2v) is 2.02. The number of benzene rings is 1. The number of nitrogen functional groups attached to an aromatic ring is 1. The number of hydrogen-bond acceptors (Lipinski definition) is 2. The molecule has 0 unspecified atom stereocenters. The molecule has 0 aliphatic rings. The molecule has 3 nitrogen and oxygen atoms in total. The maximum Gasteiger partial charge on any atom is 0.401 e. The maximum atomic E-state index is 11.7. The van der Waals surface area contributed by atoms with Crippen molar-refractivity contribution in [2.75, 3.05) is 11.1 Å². The van der Waals surface area contributed by atoms with Crippen molar-refractivity contribution >= 4 is 17.5 Å². The van der Waals surface area contributed by atoms with E-state index in [1.165, 1.54) is 12.1 Å². The number of rotatable bonds is 1. The fourth-order valence-corrected chi connectivity index (χ4v) is 0.680. The van der Waals surface area contributed by atoms with Crippen molar-refractivity contribution in [1.82, 2.24) is 0 Å². The summed E-state index contributed by atoms with van der Waals surface area (Å²) in [5.74, 6) is 0. The van der Waals surface area contributed by atoms with E-state index in [0.717, 1.165) is 0 Å². The topological polar surface area (TPSA) is 55.1 Å². The molecule has 1 aromatic rings. The minimum atomic E-state index is -1.57. The van der Waals surface area contributed by atoms with E-state index in [1.807, 2.05) is 5.32 Å². The average Bonchev–Trinajstić information content (AvgIpc) is 1.93. The van der Waals surface area contributed by atoms with Crippen molar-refractivity contribution in [3.63, 3.8) is 0 Å². The Kier molecular flexibility index (Phi) is 2.06. The van der Waals surface area contributed by atoms with E-state index in [9.17, 15) is 9.18 Å². The first-order valence-electron chi connectivity index (χ1n) is 3.00. The monoisotopic (exact) mass is 154 g/mol. The molecule has 4 heteroatoms. The van der Waals surface area contributed by atoms with Crippen LogP contribution in [0.1, 0.15) is 0 Å². The number of amides is 1. The molecule has 0 atom stereocenters. The third kappa shape index (κ3) is 2.25. The molecule has 1 rings (SSSR count). The van der Waals surface area contributed by atoms with Gasteiger partial charge in [-0.05, 0) is 24.3 Å². The summed E-state index contributed by atoms with van der Waals surface area (Å²) in [5.41, 5.74) is 6.32. The molecule has 0 fully saturated rings. The van der Waals surface area contributed by atoms with Gasteiger partial charge < -0.3 is 5.73 Å². The molecular weight excluding hydrogens is 147 g/mol. The number of hydrogen-bond donors (Lipinski definition) is 2. The van der Waals surface area contributed by atoms with Gasteiger partial charge >= 0.3 is 6.16 Å². The van der Waals surface area contributed by atoms with Crippen molar-refractivity contribution in [3.05, 3.63) is 24.3 Å². The van der Waals surface area contributed by atoms with Gasteiger partial charge in [-0.1, -0.05) is 0 Å². The van der Waals surface area contributed by atoms with Gasteiger partial charge in [0.2, 0.25) is 0 Å². The Bertz CT molecular complexity index is 258. The molecule has 11 heavy (non-hydrogen) atoms. The first kappa shape index (κ1) is 7.53. The van der Waals surface area contributed by atoms with Crippen LogP contribution in [0.4, 0.5) is 20.6 Å². The Morgan fingerprint density at radius 1 is 1.36 bits per heavy atom. The molecule has 0 heterocycles. The smallest absolute Gasteiger partial charge is 0.399 e. The van der Waals surface area contributed by atoms with Crippen LogP contribution < -0.4 is 11.1 Å². The fourth-order valence-electron chi connectivity index (χ4n) is 0.680. The molecular formula is C7H7FN2O. The zero-order valence-electron chi connectivity index (χ0n) is 5.67. The molecule has 0 aromatic heterocycles. The second-order valence-electron chi connectivity index (χ2n) is 2.02. The van der Waals surface area contributed by atoms with Gasteiger partial charge in [0.1, 0.15) is 0 Å². The van der Waals surface area contributed by atoms with Gasteiger partial charge in [-0.3, -0.25) is 5.32 Å². The maximum absolute atomic E-state index is 11.7. The lowest BCUT2D eigenvalue weighted by atomic mass is 10.3. The van der Waals surface area contributed by atoms with Gasteiger partial charge in [0, 0.05) is 11.4 Å². The Balaban J connectivity index is 2.74. The van der Waals surface area contributed by atoms with Crippen molar-refractivity contribution in [2.24, 2.45) is 0 Å². The van der Waals surface area contributed by atoms with Crippen molar-refractivity contribution in [3.8, 4) is 0 Å². The van der Waals surface area contributed by atoms with E-state index in [1.54, 1.807) is 12.1 Å². The van der Waals surface area contributed by atoms with Crippen LogP contribution in [-0.2, 0) is 0 Å². The average molecular weight is 154 g/mol. The van der Waals surface area contributed by atoms with Crippen molar-refractivity contribution < 1.29 is 9.18 Å². The molecule has 3 N–H and O–H groups in total. The quantitative estimate of drug-likeness (QED) is 0.368. The molecule has 0 spiro atoms. The number of carbonyl (C=O) groups is 1. The lowest BCUT2D eigenvalue weighted by Crippen LogP contribution is -2.01.